The number of rotatable bonds is 5. The summed E-state index contributed by atoms with van der Waals surface area (Å²) in [5.41, 5.74) is 1.04. The summed E-state index contributed by atoms with van der Waals surface area (Å²) < 4.78 is 12.2. The number of fused-ring (bicyclic) bond motifs is 1. The van der Waals surface area contributed by atoms with Crippen LogP contribution in [0.5, 0.6) is 11.5 Å². The monoisotopic (exact) mass is 385 g/mol. The summed E-state index contributed by atoms with van der Waals surface area (Å²) in [6.07, 6.45) is 5.74. The Bertz CT molecular complexity index is 817. The van der Waals surface area contributed by atoms with E-state index in [0.717, 1.165) is 37.1 Å². The molecule has 1 saturated heterocycles. The Labute approximate surface area is 167 Å². The first-order valence-electron chi connectivity index (χ1n) is 10.4. The van der Waals surface area contributed by atoms with Crippen LogP contribution in [-0.2, 0) is 21.4 Å². The summed E-state index contributed by atoms with van der Waals surface area (Å²) in [4.78, 5) is 15.2. The van der Waals surface area contributed by atoms with E-state index < -0.39 is 11.0 Å². The molecule has 1 N–H and O–H groups in total. The van der Waals surface area contributed by atoms with Crippen LogP contribution in [0.2, 0.25) is 0 Å². The average Bonchev–Trinajstić information content (AvgIpc) is 2.64. The quantitative estimate of drug-likeness (QED) is 0.843. The number of phenolic OH excluding ortho intramolecular Hbond substituents is 1. The van der Waals surface area contributed by atoms with Crippen LogP contribution < -0.4 is 4.74 Å². The third-order valence-corrected chi connectivity index (χ3v) is 6.80. The second-order valence-electron chi connectivity index (χ2n) is 8.80. The fraction of sp³-hybridized carbons (Fsp3) is 0.609. The van der Waals surface area contributed by atoms with Crippen LogP contribution >= 0.6 is 0 Å². The van der Waals surface area contributed by atoms with Gasteiger partial charge in [0.2, 0.25) is 0 Å². The average molecular weight is 386 g/mol. The van der Waals surface area contributed by atoms with E-state index in [9.17, 15) is 9.90 Å². The van der Waals surface area contributed by atoms with Crippen molar-refractivity contribution in [3.05, 3.63) is 35.4 Å². The van der Waals surface area contributed by atoms with Gasteiger partial charge in [0.05, 0.1) is 7.11 Å². The topological polar surface area (TPSA) is 59.0 Å². The summed E-state index contributed by atoms with van der Waals surface area (Å²) in [5.74, 6) is 1.30. The second kappa shape index (κ2) is 6.89. The molecule has 1 aromatic carbocycles. The number of methoxy groups -OCH3 is 1. The molecule has 5 heteroatoms. The maximum atomic E-state index is 12.7. The third-order valence-electron chi connectivity index (χ3n) is 6.80. The van der Waals surface area contributed by atoms with Gasteiger partial charge in [0.15, 0.2) is 17.3 Å². The van der Waals surface area contributed by atoms with Gasteiger partial charge in [0.1, 0.15) is 5.60 Å². The molecule has 2 bridgehead atoms. The lowest BCUT2D eigenvalue weighted by Gasteiger charge is -2.63. The van der Waals surface area contributed by atoms with Gasteiger partial charge in [-0.1, -0.05) is 19.9 Å². The van der Waals surface area contributed by atoms with Gasteiger partial charge in [0.25, 0.3) is 0 Å². The lowest BCUT2D eigenvalue weighted by atomic mass is 9.50. The Hall–Kier alpha value is -1.85. The van der Waals surface area contributed by atoms with Gasteiger partial charge < -0.3 is 14.6 Å². The van der Waals surface area contributed by atoms with Crippen LogP contribution in [0.15, 0.2) is 24.3 Å². The molecule has 0 unspecified atom stereocenters. The van der Waals surface area contributed by atoms with Crippen LogP contribution in [0.25, 0.3) is 0 Å². The van der Waals surface area contributed by atoms with Crippen molar-refractivity contribution in [1.82, 2.24) is 4.90 Å². The molecule has 1 heterocycles. The van der Waals surface area contributed by atoms with Crippen molar-refractivity contribution in [2.75, 3.05) is 26.8 Å². The van der Waals surface area contributed by atoms with Crippen LogP contribution in [0.4, 0.5) is 0 Å². The minimum absolute atomic E-state index is 0.115. The standard InChI is InChI=1S/C23H31NO4/c1-5-28-23-9-8-17(25)13-22(23)10-11-24(14-15(2)3)19(23)12-16-6-7-18(26)21(27-4)20(16)22/h6-9,15,19,26H,5,10-14H2,1-4H3/t19-,22-,23+/m0/s1. The molecule has 3 atom stereocenters. The molecule has 5 nitrogen and oxygen atoms in total. The maximum absolute atomic E-state index is 12.7. The van der Waals surface area contributed by atoms with Gasteiger partial charge in [-0.3, -0.25) is 9.69 Å². The largest absolute Gasteiger partial charge is 0.504 e. The first kappa shape index (κ1) is 19.5. The van der Waals surface area contributed by atoms with Gasteiger partial charge in [-0.05, 0) is 56.0 Å². The van der Waals surface area contributed by atoms with E-state index in [2.05, 4.69) is 18.7 Å². The first-order valence-corrected chi connectivity index (χ1v) is 10.4. The van der Waals surface area contributed by atoms with Crippen LogP contribution in [0.1, 0.15) is 44.7 Å². The molecular weight excluding hydrogens is 354 g/mol. The van der Waals surface area contributed by atoms with E-state index in [1.807, 2.05) is 19.1 Å². The fourth-order valence-corrected chi connectivity index (χ4v) is 5.97. The third kappa shape index (κ3) is 2.56. The number of phenols is 1. The Balaban J connectivity index is 1.99. The minimum atomic E-state index is -0.586. The number of hydrogen-bond donors (Lipinski definition) is 1. The smallest absolute Gasteiger partial charge is 0.164 e. The van der Waals surface area contributed by atoms with Crippen LogP contribution in [-0.4, -0.2) is 54.2 Å². The predicted molar refractivity (Wildman–Crippen MR) is 108 cm³/mol. The number of hydrogen-bond acceptors (Lipinski definition) is 5. The molecular formula is C23H31NO4. The van der Waals surface area contributed by atoms with E-state index in [4.69, 9.17) is 9.47 Å². The van der Waals surface area contributed by atoms with Gasteiger partial charge >= 0.3 is 0 Å². The van der Waals surface area contributed by atoms with Gasteiger partial charge in [0, 0.05) is 36.6 Å². The fourth-order valence-electron chi connectivity index (χ4n) is 5.97. The highest BCUT2D eigenvalue weighted by Crippen LogP contribution is 2.60. The van der Waals surface area contributed by atoms with Crippen molar-refractivity contribution in [2.45, 2.75) is 57.1 Å². The van der Waals surface area contributed by atoms with Crippen molar-refractivity contribution in [1.29, 1.82) is 0 Å². The number of benzene rings is 1. The molecule has 152 valence electrons. The predicted octanol–water partition coefficient (Wildman–Crippen LogP) is 3.23. The molecule has 0 radical (unpaired) electrons. The summed E-state index contributed by atoms with van der Waals surface area (Å²) in [6, 6.07) is 3.87. The zero-order chi connectivity index (χ0) is 20.1. The highest BCUT2D eigenvalue weighted by molar-refractivity contribution is 5.93. The van der Waals surface area contributed by atoms with Crippen molar-refractivity contribution in [3.63, 3.8) is 0 Å². The van der Waals surface area contributed by atoms with Crippen molar-refractivity contribution in [3.8, 4) is 11.5 Å². The number of allylic oxidation sites excluding steroid dienone is 1. The normalized spacial score (nSPS) is 31.6. The summed E-state index contributed by atoms with van der Waals surface area (Å²) in [6.45, 7) is 8.99. The molecule has 3 aliphatic rings. The number of carbonyl (C=O) groups is 1. The number of likely N-dealkylation sites (tertiary alicyclic amines) is 1. The second-order valence-corrected chi connectivity index (χ2v) is 8.80. The number of aromatic hydroxyl groups is 1. The number of carbonyl (C=O) groups excluding carboxylic acids is 1. The number of ether oxygens (including phenoxy) is 2. The van der Waals surface area contributed by atoms with Gasteiger partial charge in [-0.15, -0.1) is 0 Å². The Morgan fingerprint density at radius 1 is 1.36 bits per heavy atom. The summed E-state index contributed by atoms with van der Waals surface area (Å²) in [5, 5.41) is 10.5. The van der Waals surface area contributed by atoms with E-state index >= 15 is 0 Å². The maximum Gasteiger partial charge on any atom is 0.164 e. The lowest BCUT2D eigenvalue weighted by Crippen LogP contribution is -2.73. The number of piperidine rings is 1. The van der Waals surface area contributed by atoms with Crippen LogP contribution in [0, 0.1) is 5.92 Å². The molecule has 28 heavy (non-hydrogen) atoms. The number of ketones is 1. The molecule has 0 spiro atoms. The molecule has 0 saturated carbocycles. The van der Waals surface area contributed by atoms with Crippen LogP contribution in [0.3, 0.4) is 0 Å². The SMILES string of the molecule is CCO[C@@]12C=CC(=O)C[C@]13CCN(CC(C)C)[C@H]2Cc1ccc(O)c(OC)c13. The van der Waals surface area contributed by atoms with E-state index in [1.165, 1.54) is 0 Å². The van der Waals surface area contributed by atoms with Crippen molar-refractivity contribution in [2.24, 2.45) is 5.92 Å². The van der Waals surface area contributed by atoms with Gasteiger partial charge in [-0.25, -0.2) is 0 Å². The minimum Gasteiger partial charge on any atom is -0.504 e. The highest BCUT2D eigenvalue weighted by atomic mass is 16.5. The van der Waals surface area contributed by atoms with E-state index in [-0.39, 0.29) is 17.6 Å². The van der Waals surface area contributed by atoms with Crippen molar-refractivity contribution < 1.29 is 19.4 Å². The molecule has 4 rings (SSSR count). The molecule has 2 aliphatic carbocycles. The van der Waals surface area contributed by atoms with E-state index in [1.54, 1.807) is 19.3 Å². The Morgan fingerprint density at radius 3 is 2.82 bits per heavy atom. The summed E-state index contributed by atoms with van der Waals surface area (Å²) in [7, 11) is 1.59. The lowest BCUT2D eigenvalue weighted by molar-refractivity contribution is -0.162. The molecule has 1 fully saturated rings. The molecule has 1 aliphatic heterocycles. The zero-order valence-corrected chi connectivity index (χ0v) is 17.3. The zero-order valence-electron chi connectivity index (χ0n) is 17.3. The first-order chi connectivity index (χ1) is 13.4. The Kier molecular flexibility index (Phi) is 4.79. The van der Waals surface area contributed by atoms with E-state index in [0.29, 0.717) is 24.7 Å². The molecule has 1 aromatic rings. The van der Waals surface area contributed by atoms with Gasteiger partial charge in [-0.2, -0.15) is 0 Å². The summed E-state index contributed by atoms with van der Waals surface area (Å²) >= 11 is 0. The Morgan fingerprint density at radius 2 is 2.14 bits per heavy atom. The molecule has 0 aromatic heterocycles. The molecule has 0 amide bonds. The number of nitrogens with zero attached hydrogens (tertiary/aromatic N) is 1. The highest BCUT2D eigenvalue weighted by Gasteiger charge is 2.65. The van der Waals surface area contributed by atoms with Crippen molar-refractivity contribution >= 4 is 5.78 Å².